The number of halogens is 2. The molecule has 2 aromatic rings. The molecule has 19 heavy (non-hydrogen) atoms. The van der Waals surface area contributed by atoms with Gasteiger partial charge >= 0.3 is 0 Å². The van der Waals surface area contributed by atoms with Gasteiger partial charge in [0.2, 0.25) is 15.9 Å². The first kappa shape index (κ1) is 14.1. The van der Waals surface area contributed by atoms with E-state index in [1.54, 1.807) is 6.92 Å². The van der Waals surface area contributed by atoms with E-state index in [0.717, 1.165) is 6.07 Å². The number of benzene rings is 1. The molecule has 0 aliphatic heterocycles. The van der Waals surface area contributed by atoms with Gasteiger partial charge in [0.1, 0.15) is 5.82 Å². The zero-order chi connectivity index (χ0) is 14.0. The van der Waals surface area contributed by atoms with Gasteiger partial charge in [-0.2, -0.15) is 4.98 Å². The quantitative estimate of drug-likeness (QED) is 0.908. The third-order valence-corrected chi connectivity index (χ3v) is 4.23. The van der Waals surface area contributed by atoms with Crippen LogP contribution in [0.5, 0.6) is 0 Å². The Morgan fingerprint density at radius 3 is 2.79 bits per heavy atom. The van der Waals surface area contributed by atoms with Crippen molar-refractivity contribution in [3.63, 3.8) is 0 Å². The third kappa shape index (κ3) is 3.37. The topological polar surface area (TPSA) is 85.1 Å². The minimum absolute atomic E-state index is 0.138. The van der Waals surface area contributed by atoms with Gasteiger partial charge in [0.05, 0.1) is 15.9 Å². The molecule has 6 nitrogen and oxygen atoms in total. The first-order valence-corrected chi connectivity index (χ1v) is 7.40. The van der Waals surface area contributed by atoms with E-state index in [4.69, 9.17) is 4.52 Å². The number of aryl methyl sites for hydroxylation is 1. The number of rotatable bonds is 4. The number of hydrogen-bond acceptors (Lipinski definition) is 5. The number of hydrogen-bond donors (Lipinski definition) is 1. The summed E-state index contributed by atoms with van der Waals surface area (Å²) >= 11 is 2.95. The minimum atomic E-state index is -3.83. The molecule has 1 aromatic carbocycles. The summed E-state index contributed by atoms with van der Waals surface area (Å²) in [7, 11) is -3.83. The lowest BCUT2D eigenvalue weighted by atomic mass is 10.3. The SMILES string of the molecule is Cc1noc(CNS(=O)(=O)c2ccc(Br)c(F)c2)n1. The van der Waals surface area contributed by atoms with Gasteiger partial charge in [-0.15, -0.1) is 0 Å². The maximum absolute atomic E-state index is 13.3. The second-order valence-corrected chi connectivity index (χ2v) is 6.26. The summed E-state index contributed by atoms with van der Waals surface area (Å²) in [6.45, 7) is 1.46. The van der Waals surface area contributed by atoms with E-state index < -0.39 is 15.8 Å². The fourth-order valence-corrected chi connectivity index (χ4v) is 2.53. The highest BCUT2D eigenvalue weighted by atomic mass is 79.9. The zero-order valence-corrected chi connectivity index (χ0v) is 12.1. The lowest BCUT2D eigenvalue weighted by molar-refractivity contribution is 0.372. The molecule has 102 valence electrons. The van der Waals surface area contributed by atoms with Crippen molar-refractivity contribution < 1.29 is 17.3 Å². The average Bonchev–Trinajstić information content (AvgIpc) is 2.76. The summed E-state index contributed by atoms with van der Waals surface area (Å²) in [5, 5.41) is 3.53. The van der Waals surface area contributed by atoms with Crippen LogP contribution in [-0.2, 0) is 16.6 Å². The molecule has 0 fully saturated rings. The number of nitrogens with one attached hydrogen (secondary N) is 1. The van der Waals surface area contributed by atoms with Crippen LogP contribution in [0.3, 0.4) is 0 Å². The van der Waals surface area contributed by atoms with E-state index in [2.05, 4.69) is 30.8 Å². The van der Waals surface area contributed by atoms with Crippen molar-refractivity contribution in [2.45, 2.75) is 18.4 Å². The van der Waals surface area contributed by atoms with E-state index in [1.807, 2.05) is 0 Å². The van der Waals surface area contributed by atoms with Crippen LogP contribution in [0.2, 0.25) is 0 Å². The van der Waals surface area contributed by atoms with Crippen molar-refractivity contribution in [3.8, 4) is 0 Å². The first-order chi connectivity index (χ1) is 8.88. The normalized spacial score (nSPS) is 11.7. The Kier molecular flexibility index (Phi) is 3.97. The zero-order valence-electron chi connectivity index (χ0n) is 9.72. The standard InChI is InChI=1S/C10H9BrFN3O3S/c1-6-14-10(18-15-6)5-13-19(16,17)7-2-3-8(11)9(12)4-7/h2-4,13H,5H2,1H3. The summed E-state index contributed by atoms with van der Waals surface area (Å²) in [6, 6.07) is 3.53. The molecule has 1 N–H and O–H groups in total. The largest absolute Gasteiger partial charge is 0.338 e. The Labute approximate surface area is 117 Å². The van der Waals surface area contributed by atoms with Crippen LogP contribution in [0.25, 0.3) is 0 Å². The molecule has 0 saturated carbocycles. The molecule has 0 spiro atoms. The third-order valence-electron chi connectivity index (χ3n) is 2.18. The fourth-order valence-electron chi connectivity index (χ4n) is 1.30. The molecule has 0 atom stereocenters. The van der Waals surface area contributed by atoms with Crippen molar-refractivity contribution in [2.24, 2.45) is 0 Å². The van der Waals surface area contributed by atoms with E-state index >= 15 is 0 Å². The van der Waals surface area contributed by atoms with Gasteiger partial charge < -0.3 is 4.52 Å². The highest BCUT2D eigenvalue weighted by Gasteiger charge is 2.17. The highest BCUT2D eigenvalue weighted by Crippen LogP contribution is 2.19. The van der Waals surface area contributed by atoms with E-state index in [1.165, 1.54) is 12.1 Å². The molecule has 0 aliphatic rings. The van der Waals surface area contributed by atoms with Crippen LogP contribution in [0.4, 0.5) is 4.39 Å². The monoisotopic (exact) mass is 349 g/mol. The molecule has 0 aliphatic carbocycles. The molecule has 2 rings (SSSR count). The van der Waals surface area contributed by atoms with Gasteiger partial charge in [-0.05, 0) is 41.1 Å². The van der Waals surface area contributed by atoms with Crippen LogP contribution < -0.4 is 4.72 Å². The van der Waals surface area contributed by atoms with Gasteiger partial charge in [-0.25, -0.2) is 17.5 Å². The molecule has 0 amide bonds. The Hall–Kier alpha value is -1.32. The smallest absolute Gasteiger partial charge is 0.241 e. The summed E-state index contributed by atoms with van der Waals surface area (Å²) in [5.74, 6) is -0.112. The molecule has 9 heteroatoms. The summed E-state index contributed by atoms with van der Waals surface area (Å²) < 4.78 is 44.3. The lowest BCUT2D eigenvalue weighted by Crippen LogP contribution is -2.23. The molecular weight excluding hydrogens is 341 g/mol. The second kappa shape index (κ2) is 5.35. The molecule has 1 aromatic heterocycles. The Morgan fingerprint density at radius 2 is 2.21 bits per heavy atom. The molecule has 0 radical (unpaired) electrons. The molecule has 0 unspecified atom stereocenters. The predicted octanol–water partition coefficient (Wildman–Crippen LogP) is 1.76. The van der Waals surface area contributed by atoms with Gasteiger partial charge in [-0.1, -0.05) is 5.16 Å². The van der Waals surface area contributed by atoms with Gasteiger partial charge in [0.25, 0.3) is 0 Å². The Balaban J connectivity index is 2.16. The molecule has 0 saturated heterocycles. The summed E-state index contributed by atoms with van der Waals surface area (Å²) in [4.78, 5) is 3.68. The second-order valence-electron chi connectivity index (χ2n) is 3.64. The first-order valence-electron chi connectivity index (χ1n) is 5.12. The fraction of sp³-hybridized carbons (Fsp3) is 0.200. The number of nitrogens with zero attached hydrogens (tertiary/aromatic N) is 2. The van der Waals surface area contributed by atoms with Crippen LogP contribution in [0.15, 0.2) is 32.1 Å². The minimum Gasteiger partial charge on any atom is -0.338 e. The van der Waals surface area contributed by atoms with E-state index in [-0.39, 0.29) is 21.8 Å². The highest BCUT2D eigenvalue weighted by molar-refractivity contribution is 9.10. The Bertz CT molecular complexity index is 702. The molecule has 0 bridgehead atoms. The lowest BCUT2D eigenvalue weighted by Gasteiger charge is -2.05. The van der Waals surface area contributed by atoms with Crippen molar-refractivity contribution >= 4 is 26.0 Å². The molecule has 1 heterocycles. The van der Waals surface area contributed by atoms with Gasteiger partial charge in [0, 0.05) is 0 Å². The number of aromatic nitrogens is 2. The van der Waals surface area contributed by atoms with Crippen LogP contribution >= 0.6 is 15.9 Å². The maximum atomic E-state index is 13.3. The predicted molar refractivity (Wildman–Crippen MR) is 67.2 cm³/mol. The van der Waals surface area contributed by atoms with Gasteiger partial charge in [-0.3, -0.25) is 0 Å². The molecular formula is C10H9BrFN3O3S. The van der Waals surface area contributed by atoms with E-state index in [9.17, 15) is 12.8 Å². The Morgan fingerprint density at radius 1 is 1.47 bits per heavy atom. The van der Waals surface area contributed by atoms with Crippen molar-refractivity contribution in [1.29, 1.82) is 0 Å². The summed E-state index contributed by atoms with van der Waals surface area (Å²) in [5.41, 5.74) is 0. The van der Waals surface area contributed by atoms with Crippen molar-refractivity contribution in [2.75, 3.05) is 0 Å². The van der Waals surface area contributed by atoms with Crippen LogP contribution in [0.1, 0.15) is 11.7 Å². The maximum Gasteiger partial charge on any atom is 0.241 e. The van der Waals surface area contributed by atoms with Crippen molar-refractivity contribution in [1.82, 2.24) is 14.9 Å². The van der Waals surface area contributed by atoms with Crippen LogP contribution in [-0.4, -0.2) is 18.6 Å². The van der Waals surface area contributed by atoms with Crippen LogP contribution in [0, 0.1) is 12.7 Å². The average molecular weight is 350 g/mol. The van der Waals surface area contributed by atoms with Gasteiger partial charge in [0.15, 0.2) is 5.82 Å². The van der Waals surface area contributed by atoms with Crippen molar-refractivity contribution in [3.05, 3.63) is 40.2 Å². The number of sulfonamides is 1. The summed E-state index contributed by atoms with van der Waals surface area (Å²) in [6.07, 6.45) is 0. The van der Waals surface area contributed by atoms with E-state index in [0.29, 0.717) is 5.82 Å².